The molecule has 0 saturated carbocycles. The van der Waals surface area contributed by atoms with Crippen molar-refractivity contribution in [1.82, 2.24) is 10.2 Å². The third-order valence-electron chi connectivity index (χ3n) is 5.22. The van der Waals surface area contributed by atoms with Crippen LogP contribution in [0.3, 0.4) is 0 Å². The monoisotopic (exact) mass is 397 g/mol. The molecule has 0 aliphatic carbocycles. The molecule has 0 aliphatic heterocycles. The van der Waals surface area contributed by atoms with E-state index in [-0.39, 0.29) is 11.9 Å². The highest BCUT2D eigenvalue weighted by Gasteiger charge is 2.18. The van der Waals surface area contributed by atoms with Gasteiger partial charge in [-0.25, -0.2) is 0 Å². The van der Waals surface area contributed by atoms with Gasteiger partial charge < -0.3 is 16.0 Å². The molecule has 2 rings (SSSR count). The molecule has 0 saturated heterocycles. The lowest BCUT2D eigenvalue weighted by Gasteiger charge is -2.26. The molecule has 4 nitrogen and oxygen atoms in total. The summed E-state index contributed by atoms with van der Waals surface area (Å²) in [5, 5.41) is 5.47. The number of hydrogen-bond donors (Lipinski definition) is 2. The average molecular weight is 398 g/mol. The van der Waals surface area contributed by atoms with Gasteiger partial charge in [0, 0.05) is 13.1 Å². The van der Waals surface area contributed by atoms with Gasteiger partial charge in [-0.05, 0) is 54.5 Å². The van der Waals surface area contributed by atoms with Crippen LogP contribution >= 0.6 is 0 Å². The summed E-state index contributed by atoms with van der Waals surface area (Å²) in [6.45, 7) is 14.2. The van der Waals surface area contributed by atoms with Gasteiger partial charge in [0.25, 0.3) is 0 Å². The number of hydrogen-bond acceptors (Lipinski definition) is 3. The lowest BCUT2D eigenvalue weighted by Crippen LogP contribution is -2.42. The molecule has 3 N–H and O–H groups in total. The van der Waals surface area contributed by atoms with E-state index in [1.54, 1.807) is 0 Å². The van der Waals surface area contributed by atoms with Crippen LogP contribution in [-0.4, -0.2) is 36.5 Å². The zero-order valence-electron chi connectivity index (χ0n) is 18.8. The topological polar surface area (TPSA) is 58.4 Å². The molecule has 2 aromatic carbocycles. The molecule has 0 fully saturated rings. The van der Waals surface area contributed by atoms with Crippen molar-refractivity contribution in [1.29, 1.82) is 0 Å². The van der Waals surface area contributed by atoms with Crippen LogP contribution in [0.2, 0.25) is 0 Å². The largest absolute Gasteiger partial charge is 0.348 e. The van der Waals surface area contributed by atoms with E-state index in [0.29, 0.717) is 18.3 Å². The number of rotatable bonds is 11. The summed E-state index contributed by atoms with van der Waals surface area (Å²) in [6.07, 6.45) is 1.65. The quantitative estimate of drug-likeness (QED) is 0.576. The third kappa shape index (κ3) is 7.45. The highest BCUT2D eigenvalue weighted by atomic mass is 16.2. The number of fused-ring (bicyclic) bond motifs is 1. The van der Waals surface area contributed by atoms with Crippen molar-refractivity contribution in [3.8, 4) is 0 Å². The number of carbonyl (C=O) groups excluding carboxylic acids is 1. The van der Waals surface area contributed by atoms with Crippen molar-refractivity contribution in [3.05, 3.63) is 48.0 Å². The Labute approximate surface area is 176 Å². The van der Waals surface area contributed by atoms with Gasteiger partial charge in [-0.1, -0.05) is 70.2 Å². The van der Waals surface area contributed by atoms with Crippen LogP contribution in [0.4, 0.5) is 0 Å². The lowest BCUT2D eigenvalue weighted by atomic mass is 9.99. The van der Waals surface area contributed by atoms with Gasteiger partial charge >= 0.3 is 0 Å². The SMILES string of the molecule is CC(C)CN(CCCC(N)C(=O)NC(C)c1cccc2ccccc12)CC(C)C. The Hall–Kier alpha value is -1.91. The molecule has 2 aromatic rings. The summed E-state index contributed by atoms with van der Waals surface area (Å²) in [5.74, 6) is 1.23. The highest BCUT2D eigenvalue weighted by molar-refractivity contribution is 5.87. The Morgan fingerprint density at radius 2 is 1.59 bits per heavy atom. The van der Waals surface area contributed by atoms with E-state index in [1.807, 2.05) is 25.1 Å². The first-order valence-corrected chi connectivity index (χ1v) is 11.0. The van der Waals surface area contributed by atoms with Crippen molar-refractivity contribution in [2.24, 2.45) is 17.6 Å². The maximum atomic E-state index is 12.6. The van der Waals surface area contributed by atoms with Gasteiger partial charge in [0.2, 0.25) is 5.91 Å². The van der Waals surface area contributed by atoms with Crippen molar-refractivity contribution in [2.45, 2.75) is 59.5 Å². The molecule has 0 bridgehead atoms. The second-order valence-electron chi connectivity index (χ2n) is 9.09. The van der Waals surface area contributed by atoms with Crippen LogP contribution < -0.4 is 11.1 Å². The molecule has 0 spiro atoms. The smallest absolute Gasteiger partial charge is 0.237 e. The molecule has 4 heteroatoms. The van der Waals surface area contributed by atoms with Crippen LogP contribution in [0.15, 0.2) is 42.5 Å². The number of carbonyl (C=O) groups is 1. The van der Waals surface area contributed by atoms with E-state index >= 15 is 0 Å². The zero-order chi connectivity index (χ0) is 21.4. The fraction of sp³-hybridized carbons (Fsp3) is 0.560. The predicted octanol–water partition coefficient (Wildman–Crippen LogP) is 4.74. The van der Waals surface area contributed by atoms with Gasteiger partial charge in [0.05, 0.1) is 12.1 Å². The van der Waals surface area contributed by atoms with E-state index in [2.05, 4.69) is 62.2 Å². The minimum Gasteiger partial charge on any atom is -0.348 e. The van der Waals surface area contributed by atoms with E-state index in [1.165, 1.54) is 10.8 Å². The predicted molar refractivity (Wildman–Crippen MR) is 124 cm³/mol. The maximum absolute atomic E-state index is 12.6. The third-order valence-corrected chi connectivity index (χ3v) is 5.22. The number of nitrogens with one attached hydrogen (secondary N) is 1. The minimum absolute atomic E-state index is 0.0651. The van der Waals surface area contributed by atoms with Crippen molar-refractivity contribution >= 4 is 16.7 Å². The van der Waals surface area contributed by atoms with Crippen molar-refractivity contribution in [3.63, 3.8) is 0 Å². The molecule has 29 heavy (non-hydrogen) atoms. The highest BCUT2D eigenvalue weighted by Crippen LogP contribution is 2.24. The Balaban J connectivity index is 1.88. The first-order valence-electron chi connectivity index (χ1n) is 11.0. The van der Waals surface area contributed by atoms with Gasteiger partial charge in [-0.3, -0.25) is 4.79 Å². The lowest BCUT2D eigenvalue weighted by molar-refractivity contribution is -0.123. The van der Waals surface area contributed by atoms with Crippen LogP contribution in [0, 0.1) is 11.8 Å². The summed E-state index contributed by atoms with van der Waals surface area (Å²) in [6, 6.07) is 13.9. The fourth-order valence-corrected chi connectivity index (χ4v) is 3.98. The van der Waals surface area contributed by atoms with E-state index < -0.39 is 6.04 Å². The maximum Gasteiger partial charge on any atom is 0.237 e. The summed E-state index contributed by atoms with van der Waals surface area (Å²) in [4.78, 5) is 15.1. The second-order valence-corrected chi connectivity index (χ2v) is 9.09. The standard InChI is InChI=1S/C25H39N3O/c1-18(2)16-28(17-19(3)4)15-9-14-24(26)25(29)27-20(5)22-13-8-11-21-10-6-7-12-23(21)22/h6-8,10-13,18-20,24H,9,14-17,26H2,1-5H3,(H,27,29). The van der Waals surface area contributed by atoms with Gasteiger partial charge in [0.15, 0.2) is 0 Å². The molecule has 2 atom stereocenters. The molecule has 0 heterocycles. The van der Waals surface area contributed by atoms with Crippen LogP contribution in [0.5, 0.6) is 0 Å². The number of benzene rings is 2. The number of amides is 1. The van der Waals surface area contributed by atoms with Crippen molar-refractivity contribution in [2.75, 3.05) is 19.6 Å². The van der Waals surface area contributed by atoms with E-state index in [0.717, 1.165) is 31.6 Å². The van der Waals surface area contributed by atoms with Crippen LogP contribution in [-0.2, 0) is 4.79 Å². The van der Waals surface area contributed by atoms with Crippen LogP contribution in [0.25, 0.3) is 10.8 Å². The first kappa shape index (κ1) is 23.4. The number of nitrogens with zero attached hydrogens (tertiary/aromatic N) is 1. The molecule has 0 aliphatic rings. The van der Waals surface area contributed by atoms with E-state index in [9.17, 15) is 4.79 Å². The average Bonchev–Trinajstić information content (AvgIpc) is 2.66. The van der Waals surface area contributed by atoms with Crippen molar-refractivity contribution < 1.29 is 4.79 Å². The molecule has 160 valence electrons. The zero-order valence-corrected chi connectivity index (χ0v) is 18.8. The summed E-state index contributed by atoms with van der Waals surface area (Å²) >= 11 is 0. The Morgan fingerprint density at radius 3 is 2.24 bits per heavy atom. The van der Waals surface area contributed by atoms with Gasteiger partial charge in [0.1, 0.15) is 0 Å². The summed E-state index contributed by atoms with van der Waals surface area (Å²) in [5.41, 5.74) is 7.34. The number of nitrogens with two attached hydrogens (primary N) is 1. The van der Waals surface area contributed by atoms with E-state index in [4.69, 9.17) is 5.73 Å². The Kier molecular flexibility index (Phi) is 9.12. The first-order chi connectivity index (χ1) is 13.8. The molecule has 1 amide bonds. The molecule has 0 aromatic heterocycles. The van der Waals surface area contributed by atoms with Gasteiger partial charge in [-0.2, -0.15) is 0 Å². The Bertz CT molecular complexity index is 756. The van der Waals surface area contributed by atoms with Gasteiger partial charge in [-0.15, -0.1) is 0 Å². The Morgan fingerprint density at radius 1 is 0.966 bits per heavy atom. The second kappa shape index (κ2) is 11.3. The molecular weight excluding hydrogens is 358 g/mol. The molecule has 0 radical (unpaired) electrons. The normalized spacial score (nSPS) is 14.0. The summed E-state index contributed by atoms with van der Waals surface area (Å²) < 4.78 is 0. The van der Waals surface area contributed by atoms with Crippen LogP contribution in [0.1, 0.15) is 59.1 Å². The molecular formula is C25H39N3O. The summed E-state index contributed by atoms with van der Waals surface area (Å²) in [7, 11) is 0. The fourth-order valence-electron chi connectivity index (χ4n) is 3.98. The molecule has 2 unspecified atom stereocenters. The minimum atomic E-state index is -0.465.